The largest absolute Gasteiger partial charge is 0.497 e. The van der Waals surface area contributed by atoms with Gasteiger partial charge in [0.25, 0.3) is 17.7 Å². The lowest BCUT2D eigenvalue weighted by molar-refractivity contribution is -0.122. The Labute approximate surface area is 225 Å². The summed E-state index contributed by atoms with van der Waals surface area (Å²) in [6, 6.07) is 15.9. The molecule has 2 N–H and O–H groups in total. The van der Waals surface area contributed by atoms with Crippen molar-refractivity contribution in [3.05, 3.63) is 82.9 Å². The summed E-state index contributed by atoms with van der Waals surface area (Å²) in [5, 5.41) is 5.01. The number of urea groups is 1. The summed E-state index contributed by atoms with van der Waals surface area (Å²) in [5.41, 5.74) is 3.13. The molecular formula is C29H27N3O7. The zero-order chi connectivity index (χ0) is 28.1. The van der Waals surface area contributed by atoms with Crippen LogP contribution in [0, 0.1) is 13.8 Å². The molecule has 3 aromatic rings. The monoisotopic (exact) mass is 529 g/mol. The Morgan fingerprint density at radius 2 is 1.67 bits per heavy atom. The van der Waals surface area contributed by atoms with E-state index in [2.05, 4.69) is 10.6 Å². The first-order valence-corrected chi connectivity index (χ1v) is 11.9. The second-order valence-corrected chi connectivity index (χ2v) is 8.72. The Morgan fingerprint density at radius 1 is 0.923 bits per heavy atom. The third kappa shape index (κ3) is 6.07. The normalized spacial score (nSPS) is 14.2. The summed E-state index contributed by atoms with van der Waals surface area (Å²) in [5.74, 6) is -0.813. The van der Waals surface area contributed by atoms with E-state index in [9.17, 15) is 19.2 Å². The Morgan fingerprint density at radius 3 is 2.36 bits per heavy atom. The topological polar surface area (TPSA) is 123 Å². The maximum Gasteiger partial charge on any atom is 0.335 e. The lowest BCUT2D eigenvalue weighted by Gasteiger charge is -2.26. The van der Waals surface area contributed by atoms with E-state index in [1.807, 2.05) is 32.0 Å². The van der Waals surface area contributed by atoms with Gasteiger partial charge in [-0.25, -0.2) is 9.69 Å². The Kier molecular flexibility index (Phi) is 7.95. The number of imide groups is 2. The van der Waals surface area contributed by atoms with E-state index < -0.39 is 17.8 Å². The van der Waals surface area contributed by atoms with Crippen LogP contribution in [-0.4, -0.2) is 44.6 Å². The Hall–Kier alpha value is -5.12. The van der Waals surface area contributed by atoms with Gasteiger partial charge in [-0.05, 0) is 79.1 Å². The fraction of sp³-hybridized carbons (Fsp3) is 0.172. The predicted octanol–water partition coefficient (Wildman–Crippen LogP) is 4.00. The molecule has 0 bridgehead atoms. The number of nitrogens with zero attached hydrogens (tertiary/aromatic N) is 1. The van der Waals surface area contributed by atoms with Crippen molar-refractivity contribution in [3.8, 4) is 17.2 Å². The molecule has 1 saturated heterocycles. The van der Waals surface area contributed by atoms with Gasteiger partial charge < -0.3 is 19.5 Å². The molecule has 0 aliphatic carbocycles. The van der Waals surface area contributed by atoms with Gasteiger partial charge in [-0.2, -0.15) is 0 Å². The molecule has 4 rings (SSSR count). The number of carbonyl (C=O) groups is 4. The third-order valence-electron chi connectivity index (χ3n) is 5.96. The van der Waals surface area contributed by atoms with Gasteiger partial charge in [-0.3, -0.25) is 19.7 Å². The van der Waals surface area contributed by atoms with Crippen LogP contribution in [0.15, 0.2) is 66.2 Å². The smallest absolute Gasteiger partial charge is 0.335 e. The van der Waals surface area contributed by atoms with Crippen molar-refractivity contribution in [1.29, 1.82) is 0 Å². The molecule has 1 heterocycles. The second kappa shape index (κ2) is 11.5. The quantitative estimate of drug-likeness (QED) is 0.334. The summed E-state index contributed by atoms with van der Waals surface area (Å²) in [6.45, 7) is 3.58. The van der Waals surface area contributed by atoms with Crippen LogP contribution in [0.3, 0.4) is 0 Å². The molecule has 1 aliphatic rings. The van der Waals surface area contributed by atoms with Crippen LogP contribution in [0.4, 0.5) is 16.2 Å². The van der Waals surface area contributed by atoms with Gasteiger partial charge in [0.1, 0.15) is 11.3 Å². The molecule has 0 saturated carbocycles. The van der Waals surface area contributed by atoms with E-state index in [1.54, 1.807) is 30.3 Å². The van der Waals surface area contributed by atoms with Gasteiger partial charge in [0.2, 0.25) is 0 Å². The van der Waals surface area contributed by atoms with E-state index in [-0.39, 0.29) is 29.5 Å². The summed E-state index contributed by atoms with van der Waals surface area (Å²) in [4.78, 5) is 51.4. The number of hydrogen-bond donors (Lipinski definition) is 2. The number of methoxy groups -OCH3 is 2. The van der Waals surface area contributed by atoms with Crippen molar-refractivity contribution in [1.82, 2.24) is 5.32 Å². The van der Waals surface area contributed by atoms with Crippen LogP contribution in [0.1, 0.15) is 16.7 Å². The maximum absolute atomic E-state index is 13.1. The van der Waals surface area contributed by atoms with E-state index in [0.717, 1.165) is 16.0 Å². The standard InChI is InChI=1S/C29H27N3O7/c1-17-5-6-18(2)23(13-17)30-26(33)16-39-24-12-7-19(15-25(24)38-4)14-22-27(34)31-29(36)32(28(22)35)20-8-10-21(37-3)11-9-20/h5-15H,16H2,1-4H3,(H,30,33)(H,31,34,36)/b22-14+. The molecule has 1 fully saturated rings. The van der Waals surface area contributed by atoms with Crippen LogP contribution in [-0.2, 0) is 14.4 Å². The third-order valence-corrected chi connectivity index (χ3v) is 5.96. The maximum atomic E-state index is 13.1. The molecule has 10 heteroatoms. The molecule has 200 valence electrons. The van der Waals surface area contributed by atoms with Gasteiger partial charge in [0.05, 0.1) is 19.9 Å². The minimum atomic E-state index is -0.854. The number of hydrogen-bond acceptors (Lipinski definition) is 7. The van der Waals surface area contributed by atoms with Crippen molar-refractivity contribution in [2.45, 2.75) is 13.8 Å². The summed E-state index contributed by atoms with van der Waals surface area (Å²) in [7, 11) is 2.93. The first kappa shape index (κ1) is 26.9. The van der Waals surface area contributed by atoms with Gasteiger partial charge in [0.15, 0.2) is 18.1 Å². The van der Waals surface area contributed by atoms with Crippen LogP contribution in [0.2, 0.25) is 0 Å². The van der Waals surface area contributed by atoms with Gasteiger partial charge in [-0.1, -0.05) is 18.2 Å². The summed E-state index contributed by atoms with van der Waals surface area (Å²) >= 11 is 0. The van der Waals surface area contributed by atoms with Crippen LogP contribution >= 0.6 is 0 Å². The van der Waals surface area contributed by atoms with Crippen molar-refractivity contribution >= 4 is 41.2 Å². The van der Waals surface area contributed by atoms with Crippen molar-refractivity contribution in [3.63, 3.8) is 0 Å². The SMILES string of the molecule is COc1ccc(N2C(=O)NC(=O)/C(=C\c3ccc(OCC(=O)Nc4cc(C)ccc4C)c(OC)c3)C2=O)cc1. The molecule has 0 aromatic heterocycles. The molecular weight excluding hydrogens is 502 g/mol. The molecule has 0 radical (unpaired) electrons. The number of aryl methyl sites for hydroxylation is 2. The zero-order valence-electron chi connectivity index (χ0n) is 21.9. The predicted molar refractivity (Wildman–Crippen MR) is 145 cm³/mol. The molecule has 3 aromatic carbocycles. The van der Waals surface area contributed by atoms with Crippen molar-refractivity contribution < 1.29 is 33.4 Å². The fourth-order valence-corrected chi connectivity index (χ4v) is 3.88. The van der Waals surface area contributed by atoms with Crippen LogP contribution in [0.5, 0.6) is 17.2 Å². The second-order valence-electron chi connectivity index (χ2n) is 8.72. The Bertz CT molecular complexity index is 1480. The fourth-order valence-electron chi connectivity index (χ4n) is 3.88. The average molecular weight is 530 g/mol. The van der Waals surface area contributed by atoms with Crippen molar-refractivity contribution in [2.24, 2.45) is 0 Å². The first-order chi connectivity index (χ1) is 18.7. The number of anilines is 2. The molecule has 0 spiro atoms. The average Bonchev–Trinajstić information content (AvgIpc) is 2.92. The number of carbonyl (C=O) groups excluding carboxylic acids is 4. The highest BCUT2D eigenvalue weighted by Gasteiger charge is 2.36. The number of amides is 5. The van der Waals surface area contributed by atoms with Gasteiger partial charge >= 0.3 is 6.03 Å². The number of barbiturate groups is 1. The summed E-state index contributed by atoms with van der Waals surface area (Å²) in [6.07, 6.45) is 1.35. The lowest BCUT2D eigenvalue weighted by Crippen LogP contribution is -2.54. The van der Waals surface area contributed by atoms with E-state index in [4.69, 9.17) is 14.2 Å². The van der Waals surface area contributed by atoms with E-state index in [0.29, 0.717) is 22.7 Å². The molecule has 10 nitrogen and oxygen atoms in total. The number of nitrogens with one attached hydrogen (secondary N) is 2. The Balaban J connectivity index is 1.51. The lowest BCUT2D eigenvalue weighted by atomic mass is 10.1. The number of benzene rings is 3. The highest BCUT2D eigenvalue weighted by Crippen LogP contribution is 2.30. The number of ether oxygens (including phenoxy) is 3. The minimum Gasteiger partial charge on any atom is -0.497 e. The zero-order valence-corrected chi connectivity index (χ0v) is 21.9. The highest BCUT2D eigenvalue weighted by atomic mass is 16.5. The summed E-state index contributed by atoms with van der Waals surface area (Å²) < 4.78 is 16.2. The molecule has 39 heavy (non-hydrogen) atoms. The molecule has 0 atom stereocenters. The number of rotatable bonds is 8. The van der Waals surface area contributed by atoms with E-state index in [1.165, 1.54) is 32.4 Å². The minimum absolute atomic E-state index is 0.242. The van der Waals surface area contributed by atoms with Gasteiger partial charge in [-0.15, -0.1) is 0 Å². The highest BCUT2D eigenvalue weighted by molar-refractivity contribution is 6.39. The molecule has 1 aliphatic heterocycles. The molecule has 5 amide bonds. The molecule has 0 unspecified atom stereocenters. The first-order valence-electron chi connectivity index (χ1n) is 11.9. The van der Waals surface area contributed by atoms with Crippen LogP contribution in [0.25, 0.3) is 6.08 Å². The van der Waals surface area contributed by atoms with Gasteiger partial charge in [0, 0.05) is 5.69 Å². The van der Waals surface area contributed by atoms with Crippen molar-refractivity contribution in [2.75, 3.05) is 31.0 Å². The van der Waals surface area contributed by atoms with Crippen LogP contribution < -0.4 is 29.7 Å². The van der Waals surface area contributed by atoms with E-state index >= 15 is 0 Å².